The summed E-state index contributed by atoms with van der Waals surface area (Å²) >= 11 is 0. The maximum atomic E-state index is 7.32. The average molecular weight is 462 g/mol. The van der Waals surface area contributed by atoms with E-state index in [0.717, 1.165) is 38.5 Å². The Morgan fingerprint density at radius 3 is 1.29 bits per heavy atom. The highest BCUT2D eigenvalue weighted by molar-refractivity contribution is 7.92. The number of benzene rings is 5. The Morgan fingerprint density at radius 1 is 0.441 bits per heavy atom. The van der Waals surface area contributed by atoms with Gasteiger partial charge in [-0.3, -0.25) is 0 Å². The number of rotatable bonds is 7. The molecule has 166 valence electrons. The number of hydrogen-bond donors (Lipinski definition) is 0. The predicted molar refractivity (Wildman–Crippen MR) is 144 cm³/mol. The highest BCUT2D eigenvalue weighted by Crippen LogP contribution is 2.58. The Labute approximate surface area is 201 Å². The normalized spacial score (nSPS) is 11.1. The van der Waals surface area contributed by atoms with E-state index in [1.165, 1.54) is 0 Å². The molecule has 0 atom stereocenters. The van der Waals surface area contributed by atoms with Gasteiger partial charge in [0.15, 0.2) is 5.75 Å². The van der Waals surface area contributed by atoms with E-state index < -0.39 is 7.49 Å². The van der Waals surface area contributed by atoms with Crippen LogP contribution in [-0.4, -0.2) is 7.11 Å². The van der Waals surface area contributed by atoms with Gasteiger partial charge in [0.25, 0.3) is 7.49 Å². The summed E-state index contributed by atoms with van der Waals surface area (Å²) in [6.07, 6.45) is 0. The van der Waals surface area contributed by atoms with Crippen LogP contribution in [0.5, 0.6) is 11.5 Å². The van der Waals surface area contributed by atoms with Gasteiger partial charge in [-0.1, -0.05) is 91.0 Å². The van der Waals surface area contributed by atoms with Gasteiger partial charge in [0.1, 0.15) is 21.7 Å². The molecule has 0 heterocycles. The molecule has 0 N–H and O–H groups in total. The molecule has 2 nitrogen and oxygen atoms in total. The summed E-state index contributed by atoms with van der Waals surface area (Å²) in [6, 6.07) is 48.1. The van der Waals surface area contributed by atoms with Crippen molar-refractivity contribution in [3.05, 3.63) is 140 Å². The molecule has 3 heteroatoms. The molecule has 0 aliphatic rings. The lowest BCUT2D eigenvalue weighted by Gasteiger charge is -2.27. The van der Waals surface area contributed by atoms with Gasteiger partial charge in [-0.25, -0.2) is 0 Å². The molecular formula is C31H26O2P+. The Hall–Kier alpha value is -3.87. The second kappa shape index (κ2) is 9.95. The third kappa shape index (κ3) is 4.09. The summed E-state index contributed by atoms with van der Waals surface area (Å²) in [5.74, 6) is 1.59. The molecule has 0 aliphatic carbocycles. The van der Waals surface area contributed by atoms with Crippen LogP contribution < -0.4 is 25.2 Å². The van der Waals surface area contributed by atoms with Crippen LogP contribution in [0.1, 0.15) is 0 Å². The fraction of sp³-hybridized carbons (Fsp3) is 0.0323. The molecule has 34 heavy (non-hydrogen) atoms. The van der Waals surface area contributed by atoms with E-state index in [4.69, 9.17) is 9.26 Å². The summed E-state index contributed by atoms with van der Waals surface area (Å²) < 4.78 is 13.1. The largest absolute Gasteiger partial charge is 0.496 e. The fourth-order valence-electron chi connectivity index (χ4n) is 4.31. The topological polar surface area (TPSA) is 18.5 Å². The van der Waals surface area contributed by atoms with Gasteiger partial charge < -0.3 is 9.26 Å². The molecule has 0 fully saturated rings. The summed E-state index contributed by atoms with van der Waals surface area (Å²) in [5.41, 5.74) is 2.01. The monoisotopic (exact) mass is 461 g/mol. The van der Waals surface area contributed by atoms with Crippen LogP contribution in [0.3, 0.4) is 0 Å². The summed E-state index contributed by atoms with van der Waals surface area (Å²) in [4.78, 5) is 0. The Morgan fingerprint density at radius 2 is 0.853 bits per heavy atom. The molecule has 0 aromatic heterocycles. The lowest BCUT2D eigenvalue weighted by atomic mass is 10.0. The second-order valence-electron chi connectivity index (χ2n) is 7.91. The van der Waals surface area contributed by atoms with Crippen molar-refractivity contribution in [2.75, 3.05) is 7.11 Å². The Kier molecular flexibility index (Phi) is 6.42. The molecule has 0 saturated carbocycles. The summed E-state index contributed by atoms with van der Waals surface area (Å²) in [7, 11) is -0.801. The van der Waals surface area contributed by atoms with Gasteiger partial charge in [0.2, 0.25) is 0 Å². The van der Waals surface area contributed by atoms with E-state index >= 15 is 0 Å². The molecule has 0 amide bonds. The molecule has 5 aromatic carbocycles. The minimum atomic E-state index is -2.51. The van der Waals surface area contributed by atoms with Crippen molar-refractivity contribution in [1.82, 2.24) is 0 Å². The fourth-order valence-corrected chi connectivity index (χ4v) is 7.75. The zero-order valence-corrected chi connectivity index (χ0v) is 19.9. The molecule has 0 bridgehead atoms. The molecule has 0 radical (unpaired) electrons. The molecule has 5 rings (SSSR count). The van der Waals surface area contributed by atoms with Gasteiger partial charge in [-0.05, 0) is 54.1 Å². The maximum Gasteiger partial charge on any atom is 0.287 e. The van der Waals surface area contributed by atoms with Crippen molar-refractivity contribution in [2.24, 2.45) is 0 Å². The van der Waals surface area contributed by atoms with Crippen LogP contribution >= 0.6 is 7.49 Å². The van der Waals surface area contributed by atoms with Crippen LogP contribution in [0.15, 0.2) is 140 Å². The van der Waals surface area contributed by atoms with E-state index in [1.54, 1.807) is 7.11 Å². The van der Waals surface area contributed by atoms with Crippen molar-refractivity contribution in [1.29, 1.82) is 0 Å². The first-order valence-corrected chi connectivity index (χ1v) is 13.0. The minimum Gasteiger partial charge on any atom is -0.496 e. The number of methoxy groups -OCH3 is 1. The van der Waals surface area contributed by atoms with Crippen molar-refractivity contribution in [2.45, 2.75) is 0 Å². The molecule has 5 aromatic rings. The van der Waals surface area contributed by atoms with Gasteiger partial charge in [0.05, 0.1) is 12.7 Å². The third-order valence-electron chi connectivity index (χ3n) is 5.87. The highest BCUT2D eigenvalue weighted by Gasteiger charge is 2.50. The second-order valence-corrected chi connectivity index (χ2v) is 10.9. The van der Waals surface area contributed by atoms with E-state index in [9.17, 15) is 0 Å². The van der Waals surface area contributed by atoms with Gasteiger partial charge in [0, 0.05) is 0 Å². The van der Waals surface area contributed by atoms with E-state index in [-0.39, 0.29) is 0 Å². The first kappa shape index (κ1) is 21.9. The molecule has 0 saturated heterocycles. The standard InChI is InChI=1S/C31H26O2P/c1-32-29-23-14-24-30(31(29)25-15-6-2-7-16-25)33-34(26-17-8-3-9-18-26,27-19-10-4-11-20-27)28-21-12-5-13-22-28/h2-24H,1H3/q+1. The zero-order chi connectivity index (χ0) is 23.2. The summed E-state index contributed by atoms with van der Waals surface area (Å²) in [6.45, 7) is 0. The molecule has 0 spiro atoms. The van der Waals surface area contributed by atoms with E-state index in [1.807, 2.05) is 30.3 Å². The third-order valence-corrected chi connectivity index (χ3v) is 9.41. The van der Waals surface area contributed by atoms with Gasteiger partial charge >= 0.3 is 0 Å². The zero-order valence-electron chi connectivity index (χ0n) is 19.0. The highest BCUT2D eigenvalue weighted by atomic mass is 31.2. The predicted octanol–water partition coefficient (Wildman–Crippen LogP) is 6.65. The Bertz CT molecular complexity index is 1240. The maximum absolute atomic E-state index is 7.32. The smallest absolute Gasteiger partial charge is 0.287 e. The first-order valence-electron chi connectivity index (χ1n) is 11.3. The molecular weight excluding hydrogens is 435 g/mol. The average Bonchev–Trinajstić information content (AvgIpc) is 2.93. The van der Waals surface area contributed by atoms with Crippen LogP contribution in [0.4, 0.5) is 0 Å². The van der Waals surface area contributed by atoms with Crippen LogP contribution in [0, 0.1) is 0 Å². The number of hydrogen-bond acceptors (Lipinski definition) is 2. The number of ether oxygens (including phenoxy) is 1. The van der Waals surface area contributed by atoms with Crippen molar-refractivity contribution in [3.8, 4) is 22.6 Å². The van der Waals surface area contributed by atoms with Crippen molar-refractivity contribution >= 4 is 23.4 Å². The quantitative estimate of drug-likeness (QED) is 0.253. The lowest BCUT2D eigenvalue weighted by Crippen LogP contribution is -2.34. The van der Waals surface area contributed by atoms with Crippen molar-refractivity contribution in [3.63, 3.8) is 0 Å². The lowest BCUT2D eigenvalue weighted by molar-refractivity contribution is 0.414. The van der Waals surface area contributed by atoms with Gasteiger partial charge in [-0.2, -0.15) is 0 Å². The molecule has 0 aliphatic heterocycles. The van der Waals surface area contributed by atoms with Crippen LogP contribution in [-0.2, 0) is 0 Å². The van der Waals surface area contributed by atoms with E-state index in [0.29, 0.717) is 0 Å². The SMILES string of the molecule is COc1cccc(O[P+](c2ccccc2)(c2ccccc2)c2ccccc2)c1-c1ccccc1. The summed E-state index contributed by atoms with van der Waals surface area (Å²) in [5, 5.41) is 3.48. The Balaban J connectivity index is 1.81. The van der Waals surface area contributed by atoms with Gasteiger partial charge in [-0.15, -0.1) is 0 Å². The minimum absolute atomic E-state index is 0.788. The first-order chi connectivity index (χ1) is 16.8. The van der Waals surface area contributed by atoms with E-state index in [2.05, 4.69) is 109 Å². The van der Waals surface area contributed by atoms with Crippen LogP contribution in [0.2, 0.25) is 0 Å². The van der Waals surface area contributed by atoms with Crippen LogP contribution in [0.25, 0.3) is 11.1 Å². The van der Waals surface area contributed by atoms with Crippen molar-refractivity contribution < 1.29 is 9.26 Å². The molecule has 0 unspecified atom stereocenters.